The van der Waals surface area contributed by atoms with Crippen molar-refractivity contribution in [2.45, 2.75) is 19.3 Å². The summed E-state index contributed by atoms with van der Waals surface area (Å²) in [7, 11) is 1.56. The van der Waals surface area contributed by atoms with Gasteiger partial charge in [-0.3, -0.25) is 9.59 Å². The molecule has 2 aromatic rings. The molecular formula is C18H22N4O3. The van der Waals surface area contributed by atoms with E-state index in [1.165, 1.54) is 30.4 Å². The van der Waals surface area contributed by atoms with E-state index in [0.29, 0.717) is 5.69 Å². The molecule has 0 radical (unpaired) electrons. The maximum Gasteiger partial charge on any atom is 0.289 e. The van der Waals surface area contributed by atoms with E-state index in [0.717, 1.165) is 18.9 Å². The fourth-order valence-corrected chi connectivity index (χ4v) is 2.85. The third-order valence-electron chi connectivity index (χ3n) is 4.17. The van der Waals surface area contributed by atoms with Crippen LogP contribution in [0, 0.1) is 0 Å². The zero-order valence-corrected chi connectivity index (χ0v) is 14.3. The number of nitrogens with zero attached hydrogens (tertiary/aromatic N) is 3. The van der Waals surface area contributed by atoms with Crippen LogP contribution in [0.3, 0.4) is 0 Å². The van der Waals surface area contributed by atoms with Crippen molar-refractivity contribution in [1.29, 1.82) is 0 Å². The summed E-state index contributed by atoms with van der Waals surface area (Å²) in [5.41, 5.74) is 0.615. The first-order chi connectivity index (χ1) is 12.1. The van der Waals surface area contributed by atoms with Gasteiger partial charge in [-0.05, 0) is 43.5 Å². The number of pyridine rings is 1. The van der Waals surface area contributed by atoms with Crippen molar-refractivity contribution in [2.24, 2.45) is 0 Å². The quantitative estimate of drug-likeness (QED) is 0.902. The van der Waals surface area contributed by atoms with Crippen molar-refractivity contribution in [3.8, 4) is 0 Å². The fourth-order valence-electron chi connectivity index (χ4n) is 2.85. The predicted molar refractivity (Wildman–Crippen MR) is 94.6 cm³/mol. The summed E-state index contributed by atoms with van der Waals surface area (Å²) in [6, 6.07) is 6.96. The Morgan fingerprint density at radius 1 is 1.24 bits per heavy atom. The largest absolute Gasteiger partial charge is 0.459 e. The lowest BCUT2D eigenvalue weighted by atomic mass is 10.1. The average Bonchev–Trinajstić information content (AvgIpc) is 3.17. The number of rotatable bonds is 5. The molecule has 7 nitrogen and oxygen atoms in total. The Labute approximate surface area is 146 Å². The Morgan fingerprint density at radius 2 is 2.04 bits per heavy atom. The topological polar surface area (TPSA) is 78.7 Å². The summed E-state index contributed by atoms with van der Waals surface area (Å²) in [5, 5.41) is 2.76. The standard InChI is InChI=1S/C18H22N4O3/c1-21(18(24)15-6-5-11-25-15)13-17(23)20-14-7-8-16(19-12-14)22-9-3-2-4-10-22/h5-8,11-12H,2-4,9-10,13H2,1H3,(H,20,23). The monoisotopic (exact) mass is 342 g/mol. The lowest BCUT2D eigenvalue weighted by molar-refractivity contribution is -0.116. The average molecular weight is 342 g/mol. The Hall–Kier alpha value is -2.83. The van der Waals surface area contributed by atoms with E-state index in [-0.39, 0.29) is 24.1 Å². The van der Waals surface area contributed by atoms with Crippen LogP contribution in [0.2, 0.25) is 0 Å². The second-order valence-corrected chi connectivity index (χ2v) is 6.14. The van der Waals surface area contributed by atoms with Gasteiger partial charge in [0.1, 0.15) is 5.82 Å². The third-order valence-corrected chi connectivity index (χ3v) is 4.17. The first-order valence-corrected chi connectivity index (χ1v) is 8.43. The number of aromatic nitrogens is 1. The Bertz CT molecular complexity index is 706. The van der Waals surface area contributed by atoms with Gasteiger partial charge in [-0.2, -0.15) is 0 Å². The minimum Gasteiger partial charge on any atom is -0.459 e. The normalized spacial score (nSPS) is 14.2. The highest BCUT2D eigenvalue weighted by atomic mass is 16.3. The molecule has 0 aliphatic carbocycles. The van der Waals surface area contributed by atoms with Gasteiger partial charge in [0.15, 0.2) is 5.76 Å². The molecule has 2 aromatic heterocycles. The van der Waals surface area contributed by atoms with Crippen molar-refractivity contribution < 1.29 is 14.0 Å². The van der Waals surface area contributed by atoms with E-state index >= 15 is 0 Å². The number of likely N-dealkylation sites (N-methyl/N-ethyl adjacent to an activating group) is 1. The zero-order valence-electron chi connectivity index (χ0n) is 14.3. The van der Waals surface area contributed by atoms with Crippen LogP contribution in [0.25, 0.3) is 0 Å². The fraction of sp³-hybridized carbons (Fsp3) is 0.389. The maximum absolute atomic E-state index is 12.1. The number of hydrogen-bond donors (Lipinski definition) is 1. The van der Waals surface area contributed by atoms with Crippen molar-refractivity contribution in [3.05, 3.63) is 42.5 Å². The molecule has 0 atom stereocenters. The highest BCUT2D eigenvalue weighted by Crippen LogP contribution is 2.18. The van der Waals surface area contributed by atoms with Gasteiger partial charge < -0.3 is 19.5 Å². The molecule has 7 heteroatoms. The molecule has 0 unspecified atom stereocenters. The van der Waals surface area contributed by atoms with Crippen LogP contribution in [0.1, 0.15) is 29.8 Å². The van der Waals surface area contributed by atoms with Crippen molar-refractivity contribution in [1.82, 2.24) is 9.88 Å². The lowest BCUT2D eigenvalue weighted by Crippen LogP contribution is -2.34. The summed E-state index contributed by atoms with van der Waals surface area (Å²) >= 11 is 0. The van der Waals surface area contributed by atoms with Gasteiger partial charge in [0.2, 0.25) is 5.91 Å². The van der Waals surface area contributed by atoms with Gasteiger partial charge in [-0.1, -0.05) is 0 Å². The summed E-state index contributed by atoms with van der Waals surface area (Å²) in [5.74, 6) is 0.527. The number of carbonyl (C=O) groups excluding carboxylic acids is 2. The summed E-state index contributed by atoms with van der Waals surface area (Å²) in [6.45, 7) is 1.99. The first-order valence-electron chi connectivity index (χ1n) is 8.43. The van der Waals surface area contributed by atoms with Gasteiger partial charge in [-0.25, -0.2) is 4.98 Å². The van der Waals surface area contributed by atoms with Crippen LogP contribution in [-0.4, -0.2) is 48.4 Å². The highest BCUT2D eigenvalue weighted by Gasteiger charge is 2.17. The summed E-state index contributed by atoms with van der Waals surface area (Å²) in [6.07, 6.45) is 6.73. The molecule has 1 aliphatic heterocycles. The number of piperidine rings is 1. The smallest absolute Gasteiger partial charge is 0.289 e. The molecule has 3 heterocycles. The van der Waals surface area contributed by atoms with Crippen LogP contribution in [-0.2, 0) is 4.79 Å². The molecule has 1 N–H and O–H groups in total. The van der Waals surface area contributed by atoms with Gasteiger partial charge in [-0.15, -0.1) is 0 Å². The van der Waals surface area contributed by atoms with Crippen LogP contribution < -0.4 is 10.2 Å². The number of furan rings is 1. The van der Waals surface area contributed by atoms with E-state index in [1.807, 2.05) is 12.1 Å². The van der Waals surface area contributed by atoms with E-state index in [4.69, 9.17) is 4.42 Å². The Kier molecular flexibility index (Phi) is 5.33. The third kappa shape index (κ3) is 4.37. The van der Waals surface area contributed by atoms with Crippen LogP contribution in [0.4, 0.5) is 11.5 Å². The molecule has 0 aromatic carbocycles. The zero-order chi connectivity index (χ0) is 17.6. The van der Waals surface area contributed by atoms with Crippen molar-refractivity contribution >= 4 is 23.3 Å². The molecule has 0 saturated carbocycles. The van der Waals surface area contributed by atoms with E-state index < -0.39 is 0 Å². The molecule has 3 rings (SSSR count). The van der Waals surface area contributed by atoms with Gasteiger partial charge in [0, 0.05) is 20.1 Å². The van der Waals surface area contributed by atoms with Gasteiger partial charge in [0.25, 0.3) is 5.91 Å². The molecule has 2 amide bonds. The second kappa shape index (κ2) is 7.83. The molecule has 132 valence electrons. The SMILES string of the molecule is CN(CC(=O)Nc1ccc(N2CCCCC2)nc1)C(=O)c1ccco1. The lowest BCUT2D eigenvalue weighted by Gasteiger charge is -2.27. The van der Waals surface area contributed by atoms with E-state index in [2.05, 4.69) is 15.2 Å². The predicted octanol–water partition coefficient (Wildman–Crippen LogP) is 2.38. The number of nitrogens with one attached hydrogen (secondary N) is 1. The van der Waals surface area contributed by atoms with Crippen LogP contribution >= 0.6 is 0 Å². The number of hydrogen-bond acceptors (Lipinski definition) is 5. The van der Waals surface area contributed by atoms with Gasteiger partial charge in [0.05, 0.1) is 24.7 Å². The van der Waals surface area contributed by atoms with Crippen molar-refractivity contribution in [3.63, 3.8) is 0 Å². The molecule has 1 saturated heterocycles. The summed E-state index contributed by atoms with van der Waals surface area (Å²) < 4.78 is 5.05. The molecule has 0 bridgehead atoms. The Morgan fingerprint density at radius 3 is 2.68 bits per heavy atom. The Balaban J connectivity index is 1.53. The highest BCUT2D eigenvalue weighted by molar-refractivity contribution is 5.97. The maximum atomic E-state index is 12.1. The van der Waals surface area contributed by atoms with Crippen LogP contribution in [0.15, 0.2) is 41.1 Å². The first kappa shape index (κ1) is 17.0. The number of anilines is 2. The van der Waals surface area contributed by atoms with Gasteiger partial charge >= 0.3 is 0 Å². The molecule has 0 spiro atoms. The minimum absolute atomic E-state index is 0.0621. The molecule has 25 heavy (non-hydrogen) atoms. The molecule has 1 aliphatic rings. The number of amides is 2. The van der Waals surface area contributed by atoms with E-state index in [1.54, 1.807) is 25.4 Å². The minimum atomic E-state index is -0.335. The molecule has 1 fully saturated rings. The molecular weight excluding hydrogens is 320 g/mol. The van der Waals surface area contributed by atoms with Crippen LogP contribution in [0.5, 0.6) is 0 Å². The van der Waals surface area contributed by atoms with E-state index in [9.17, 15) is 9.59 Å². The second-order valence-electron chi connectivity index (χ2n) is 6.14. The number of carbonyl (C=O) groups is 2. The summed E-state index contributed by atoms with van der Waals surface area (Å²) in [4.78, 5) is 32.1. The van der Waals surface area contributed by atoms with Crippen molar-refractivity contribution in [2.75, 3.05) is 36.9 Å².